The Labute approximate surface area is 189 Å². The number of ether oxygens (including phenoxy) is 1. The average molecular weight is 514 g/mol. The van der Waals surface area contributed by atoms with Gasteiger partial charge < -0.3 is 20.7 Å². The van der Waals surface area contributed by atoms with Crippen molar-refractivity contribution < 1.29 is 4.74 Å². The van der Waals surface area contributed by atoms with Gasteiger partial charge in [-0.3, -0.25) is 4.99 Å². The number of aliphatic imine (C=N–C) groups is 1. The largest absolute Gasteiger partial charge is 0.381 e. The third-order valence-corrected chi connectivity index (χ3v) is 5.86. The number of guanidine groups is 1. The molecule has 154 valence electrons. The molecule has 0 saturated carbocycles. The van der Waals surface area contributed by atoms with Gasteiger partial charge in [0.1, 0.15) is 0 Å². The highest BCUT2D eigenvalue weighted by Gasteiger charge is 2.34. The summed E-state index contributed by atoms with van der Waals surface area (Å²) < 4.78 is 5.63. The van der Waals surface area contributed by atoms with E-state index in [9.17, 15) is 0 Å². The Balaban J connectivity index is 0.00000280. The van der Waals surface area contributed by atoms with Crippen LogP contribution in [0.3, 0.4) is 0 Å². The zero-order valence-corrected chi connectivity index (χ0v) is 19.8. The number of hydrogen-bond donors (Lipinski definition) is 3. The molecular weight excluding hydrogens is 483 g/mol. The van der Waals surface area contributed by atoms with Gasteiger partial charge in [-0.15, -0.1) is 24.0 Å². The normalized spacial score (nSPS) is 17.4. The molecule has 1 aliphatic rings. The van der Waals surface area contributed by atoms with Gasteiger partial charge in [-0.25, -0.2) is 0 Å². The van der Waals surface area contributed by atoms with Crippen molar-refractivity contribution in [2.45, 2.75) is 37.9 Å². The van der Waals surface area contributed by atoms with Crippen LogP contribution in [-0.2, 0) is 11.3 Å². The van der Waals surface area contributed by atoms with E-state index < -0.39 is 0 Å². The first-order valence-electron chi connectivity index (χ1n) is 9.57. The van der Waals surface area contributed by atoms with Crippen molar-refractivity contribution in [2.75, 3.05) is 26.8 Å². The van der Waals surface area contributed by atoms with Gasteiger partial charge in [0.15, 0.2) is 5.96 Å². The fourth-order valence-corrected chi connectivity index (χ4v) is 4.14. The number of halogens is 1. The summed E-state index contributed by atoms with van der Waals surface area (Å²) in [6.07, 6.45) is 1.97. The van der Waals surface area contributed by atoms with E-state index in [-0.39, 0.29) is 35.6 Å². The number of nitrogens with zero attached hydrogens (tertiary/aromatic N) is 1. The second-order valence-electron chi connectivity index (χ2n) is 7.08. The van der Waals surface area contributed by atoms with Crippen LogP contribution in [0.5, 0.6) is 0 Å². The summed E-state index contributed by atoms with van der Waals surface area (Å²) >= 11 is 1.71. The van der Waals surface area contributed by atoms with Crippen LogP contribution in [0.4, 0.5) is 0 Å². The van der Waals surface area contributed by atoms with Gasteiger partial charge in [0.05, 0.1) is 0 Å². The third kappa shape index (κ3) is 6.72. The van der Waals surface area contributed by atoms with Gasteiger partial charge in [-0.1, -0.05) is 30.3 Å². The Morgan fingerprint density at radius 1 is 1.18 bits per heavy atom. The number of benzene rings is 1. The molecule has 28 heavy (non-hydrogen) atoms. The van der Waals surface area contributed by atoms with Gasteiger partial charge in [0.25, 0.3) is 0 Å². The monoisotopic (exact) mass is 514 g/mol. The highest BCUT2D eigenvalue weighted by molar-refractivity contribution is 14.0. The predicted molar refractivity (Wildman–Crippen MR) is 129 cm³/mol. The van der Waals surface area contributed by atoms with Crippen molar-refractivity contribution in [2.24, 2.45) is 4.99 Å². The molecule has 0 amide bonds. The van der Waals surface area contributed by atoms with Crippen LogP contribution >= 0.6 is 35.3 Å². The molecule has 1 saturated heterocycles. The van der Waals surface area contributed by atoms with Crippen LogP contribution < -0.4 is 16.0 Å². The first-order chi connectivity index (χ1) is 13.2. The lowest BCUT2D eigenvalue weighted by Crippen LogP contribution is -2.58. The van der Waals surface area contributed by atoms with Crippen molar-refractivity contribution in [3.05, 3.63) is 58.3 Å². The molecule has 1 aromatic heterocycles. The molecule has 1 aliphatic heterocycles. The van der Waals surface area contributed by atoms with E-state index in [0.29, 0.717) is 0 Å². The lowest BCUT2D eigenvalue weighted by Gasteiger charge is -2.41. The number of hydrogen-bond acceptors (Lipinski definition) is 4. The first kappa shape index (κ1) is 23.1. The maximum Gasteiger partial charge on any atom is 0.191 e. The highest BCUT2D eigenvalue weighted by Crippen LogP contribution is 2.25. The van der Waals surface area contributed by atoms with E-state index in [1.807, 2.05) is 7.05 Å². The van der Waals surface area contributed by atoms with Crippen molar-refractivity contribution in [1.29, 1.82) is 0 Å². The topological polar surface area (TPSA) is 57.7 Å². The number of nitrogens with one attached hydrogen (secondary N) is 3. The van der Waals surface area contributed by atoms with Gasteiger partial charge in [-0.2, -0.15) is 11.3 Å². The Morgan fingerprint density at radius 2 is 1.93 bits per heavy atom. The maximum atomic E-state index is 5.63. The van der Waals surface area contributed by atoms with Gasteiger partial charge in [0.2, 0.25) is 0 Å². The quantitative estimate of drug-likeness (QED) is 0.298. The van der Waals surface area contributed by atoms with Crippen molar-refractivity contribution in [1.82, 2.24) is 16.0 Å². The molecule has 2 heterocycles. The van der Waals surface area contributed by atoms with E-state index in [2.05, 4.69) is 75.0 Å². The van der Waals surface area contributed by atoms with E-state index in [1.165, 1.54) is 11.1 Å². The Bertz CT molecular complexity index is 702. The van der Waals surface area contributed by atoms with Gasteiger partial charge in [-0.05, 0) is 47.7 Å². The van der Waals surface area contributed by atoms with Crippen LogP contribution in [0.25, 0.3) is 0 Å². The first-order valence-corrected chi connectivity index (χ1v) is 10.5. The van der Waals surface area contributed by atoms with Crippen molar-refractivity contribution in [3.63, 3.8) is 0 Å². The molecule has 1 atom stereocenters. The summed E-state index contributed by atoms with van der Waals surface area (Å²) in [5.41, 5.74) is 2.58. The minimum absolute atomic E-state index is 0. The van der Waals surface area contributed by atoms with Crippen LogP contribution in [0.1, 0.15) is 36.9 Å². The zero-order chi connectivity index (χ0) is 19.0. The average Bonchev–Trinajstić information content (AvgIpc) is 3.23. The second-order valence-corrected chi connectivity index (χ2v) is 7.86. The maximum absolute atomic E-state index is 5.63. The van der Waals surface area contributed by atoms with Crippen LogP contribution in [0.2, 0.25) is 0 Å². The summed E-state index contributed by atoms with van der Waals surface area (Å²) in [7, 11) is 1.82. The van der Waals surface area contributed by atoms with Crippen molar-refractivity contribution in [3.8, 4) is 0 Å². The van der Waals surface area contributed by atoms with E-state index >= 15 is 0 Å². The lowest BCUT2D eigenvalue weighted by atomic mass is 9.88. The number of thiophene rings is 1. The predicted octanol–water partition coefficient (Wildman–Crippen LogP) is 3.93. The molecule has 3 rings (SSSR count). The zero-order valence-electron chi connectivity index (χ0n) is 16.6. The van der Waals surface area contributed by atoms with E-state index in [0.717, 1.165) is 45.1 Å². The summed E-state index contributed by atoms with van der Waals surface area (Å²) in [4.78, 5) is 4.38. The molecule has 3 N–H and O–H groups in total. The smallest absolute Gasteiger partial charge is 0.191 e. The standard InChI is InChI=1S/C21H30N4OS.HI/c1-17(19-6-4-3-5-7-19)25-21(9-11-26-12-10-21)16-24-20(22-2)23-14-18-8-13-27-15-18;/h3-8,13,15,17,25H,9-12,14,16H2,1-2H3,(H2,22,23,24);1H. The Hall–Kier alpha value is -1.16. The molecule has 5 nitrogen and oxygen atoms in total. The molecule has 0 spiro atoms. The summed E-state index contributed by atoms with van der Waals surface area (Å²) in [6.45, 7) is 5.41. The minimum atomic E-state index is -0.00644. The highest BCUT2D eigenvalue weighted by atomic mass is 127. The molecule has 1 aromatic carbocycles. The van der Waals surface area contributed by atoms with Crippen LogP contribution in [-0.4, -0.2) is 38.3 Å². The lowest BCUT2D eigenvalue weighted by molar-refractivity contribution is 0.0355. The van der Waals surface area contributed by atoms with Gasteiger partial charge in [0, 0.05) is 44.9 Å². The minimum Gasteiger partial charge on any atom is -0.381 e. The summed E-state index contributed by atoms with van der Waals surface area (Å²) in [5.74, 6) is 0.834. The van der Waals surface area contributed by atoms with Crippen molar-refractivity contribution >= 4 is 41.3 Å². The summed E-state index contributed by atoms with van der Waals surface area (Å²) in [6, 6.07) is 13.0. The SMILES string of the molecule is CN=C(NCc1ccsc1)NCC1(NC(C)c2ccccc2)CCOCC1.I. The molecule has 0 radical (unpaired) electrons. The molecule has 1 unspecified atom stereocenters. The molecule has 2 aromatic rings. The molecular formula is C21H31IN4OS. The summed E-state index contributed by atoms with van der Waals surface area (Å²) in [5, 5.41) is 15.1. The van der Waals surface area contributed by atoms with Crippen LogP contribution in [0, 0.1) is 0 Å². The molecule has 0 bridgehead atoms. The fourth-order valence-electron chi connectivity index (χ4n) is 3.47. The third-order valence-electron chi connectivity index (χ3n) is 5.13. The molecule has 7 heteroatoms. The molecule has 0 aliphatic carbocycles. The van der Waals surface area contributed by atoms with Crippen LogP contribution in [0.15, 0.2) is 52.2 Å². The van der Waals surface area contributed by atoms with Gasteiger partial charge >= 0.3 is 0 Å². The van der Waals surface area contributed by atoms with E-state index in [1.54, 1.807) is 11.3 Å². The second kappa shape index (κ2) is 11.7. The molecule has 1 fully saturated rings. The number of rotatable bonds is 7. The Morgan fingerprint density at radius 3 is 2.57 bits per heavy atom. The van der Waals surface area contributed by atoms with E-state index in [4.69, 9.17) is 4.74 Å². The fraction of sp³-hybridized carbons (Fsp3) is 0.476. The Kier molecular flexibility index (Phi) is 9.70.